The molecule has 0 saturated heterocycles. The summed E-state index contributed by atoms with van der Waals surface area (Å²) in [4.78, 5) is 12.0. The van der Waals surface area contributed by atoms with Gasteiger partial charge in [-0.2, -0.15) is 5.26 Å². The van der Waals surface area contributed by atoms with E-state index < -0.39 is 5.41 Å². The lowest BCUT2D eigenvalue weighted by Crippen LogP contribution is -2.34. The van der Waals surface area contributed by atoms with Gasteiger partial charge in [-0.3, -0.25) is 4.79 Å². The number of ether oxygens (including phenoxy) is 1. The van der Waals surface area contributed by atoms with E-state index in [1.165, 1.54) is 0 Å². The minimum absolute atomic E-state index is 0.122. The maximum absolute atomic E-state index is 12.0. The third-order valence-electron chi connectivity index (χ3n) is 2.90. The first-order valence-corrected chi connectivity index (χ1v) is 5.66. The zero-order chi connectivity index (χ0) is 12.9. The van der Waals surface area contributed by atoms with E-state index in [2.05, 4.69) is 6.07 Å². The Hall–Kier alpha value is -1.82. The smallest absolute Gasteiger partial charge is 0.317 e. The van der Waals surface area contributed by atoms with Crippen LogP contribution < -0.4 is 0 Å². The van der Waals surface area contributed by atoms with E-state index in [0.29, 0.717) is 6.61 Å². The predicted octanol–water partition coefficient (Wildman–Crippen LogP) is 2.73. The van der Waals surface area contributed by atoms with E-state index in [1.54, 1.807) is 13.8 Å². The minimum Gasteiger partial charge on any atom is -0.465 e. The van der Waals surface area contributed by atoms with Crippen LogP contribution in [0.5, 0.6) is 0 Å². The fourth-order valence-electron chi connectivity index (χ4n) is 1.92. The molecule has 17 heavy (non-hydrogen) atoms. The molecule has 0 N–H and O–H groups in total. The molecular formula is C14H17NO2. The van der Waals surface area contributed by atoms with Gasteiger partial charge >= 0.3 is 5.97 Å². The molecule has 0 fully saturated rings. The Morgan fingerprint density at radius 1 is 1.47 bits per heavy atom. The molecule has 1 rings (SSSR count). The summed E-state index contributed by atoms with van der Waals surface area (Å²) in [6.45, 7) is 5.79. The Balaban J connectivity index is 3.21. The first-order chi connectivity index (χ1) is 8.06. The summed E-state index contributed by atoms with van der Waals surface area (Å²) in [6.07, 6.45) is 0.122. The standard InChI is InChI=1S/C14H17NO2/c1-4-17-13(16)14(3,9-10-15)12-8-6-5-7-11(12)2/h5-8H,4,9H2,1-3H3. The minimum atomic E-state index is -0.879. The van der Waals surface area contributed by atoms with Crippen molar-refractivity contribution in [1.29, 1.82) is 5.26 Å². The quantitative estimate of drug-likeness (QED) is 0.749. The van der Waals surface area contributed by atoms with Crippen molar-refractivity contribution < 1.29 is 9.53 Å². The van der Waals surface area contributed by atoms with E-state index in [1.807, 2.05) is 31.2 Å². The summed E-state index contributed by atoms with van der Waals surface area (Å²) in [5.41, 5.74) is 0.981. The van der Waals surface area contributed by atoms with Crippen molar-refractivity contribution in [3.63, 3.8) is 0 Å². The zero-order valence-corrected chi connectivity index (χ0v) is 10.5. The number of benzene rings is 1. The SMILES string of the molecule is CCOC(=O)C(C)(CC#N)c1ccccc1C. The molecule has 0 aliphatic carbocycles. The zero-order valence-electron chi connectivity index (χ0n) is 10.5. The van der Waals surface area contributed by atoms with Gasteiger partial charge in [-0.25, -0.2) is 0 Å². The monoisotopic (exact) mass is 231 g/mol. The number of rotatable bonds is 4. The summed E-state index contributed by atoms with van der Waals surface area (Å²) in [5.74, 6) is -0.337. The Labute approximate surface area is 102 Å². The maximum Gasteiger partial charge on any atom is 0.317 e. The first-order valence-electron chi connectivity index (χ1n) is 5.66. The van der Waals surface area contributed by atoms with Crippen molar-refractivity contribution in [2.75, 3.05) is 6.61 Å². The Morgan fingerprint density at radius 2 is 2.12 bits per heavy atom. The molecule has 1 unspecified atom stereocenters. The molecule has 1 aromatic rings. The fraction of sp³-hybridized carbons (Fsp3) is 0.429. The highest BCUT2D eigenvalue weighted by Crippen LogP contribution is 2.31. The average Bonchev–Trinajstić information content (AvgIpc) is 2.30. The molecule has 0 aliphatic rings. The highest BCUT2D eigenvalue weighted by atomic mass is 16.5. The van der Waals surface area contributed by atoms with Gasteiger partial charge in [-0.15, -0.1) is 0 Å². The van der Waals surface area contributed by atoms with Gasteiger partial charge in [0, 0.05) is 0 Å². The van der Waals surface area contributed by atoms with Crippen LogP contribution in [0.1, 0.15) is 31.4 Å². The van der Waals surface area contributed by atoms with Crippen LogP contribution in [0.15, 0.2) is 24.3 Å². The lowest BCUT2D eigenvalue weighted by atomic mass is 9.78. The number of esters is 1. The number of aryl methyl sites for hydroxylation is 1. The number of nitrogens with zero attached hydrogens (tertiary/aromatic N) is 1. The van der Waals surface area contributed by atoms with Crippen molar-refractivity contribution in [3.05, 3.63) is 35.4 Å². The number of carbonyl (C=O) groups excluding carboxylic acids is 1. The van der Waals surface area contributed by atoms with Crippen LogP contribution in [0.3, 0.4) is 0 Å². The second kappa shape index (κ2) is 5.49. The number of hydrogen-bond donors (Lipinski definition) is 0. The van der Waals surface area contributed by atoms with Crippen LogP contribution in [0.2, 0.25) is 0 Å². The highest BCUT2D eigenvalue weighted by Gasteiger charge is 2.37. The number of hydrogen-bond acceptors (Lipinski definition) is 3. The number of carbonyl (C=O) groups is 1. The average molecular weight is 231 g/mol. The van der Waals surface area contributed by atoms with Crippen LogP contribution in [-0.4, -0.2) is 12.6 Å². The van der Waals surface area contributed by atoms with E-state index in [-0.39, 0.29) is 12.4 Å². The molecule has 0 spiro atoms. The summed E-state index contributed by atoms with van der Waals surface area (Å²) < 4.78 is 5.08. The summed E-state index contributed by atoms with van der Waals surface area (Å²) in [5, 5.41) is 8.91. The lowest BCUT2D eigenvalue weighted by Gasteiger charge is -2.26. The fourth-order valence-corrected chi connectivity index (χ4v) is 1.92. The molecule has 0 bridgehead atoms. The van der Waals surface area contributed by atoms with Gasteiger partial charge in [0.1, 0.15) is 5.41 Å². The second-order valence-corrected chi connectivity index (χ2v) is 4.20. The maximum atomic E-state index is 12.0. The first kappa shape index (κ1) is 13.2. The van der Waals surface area contributed by atoms with E-state index >= 15 is 0 Å². The van der Waals surface area contributed by atoms with Crippen molar-refractivity contribution in [2.45, 2.75) is 32.6 Å². The molecule has 0 heterocycles. The molecule has 90 valence electrons. The van der Waals surface area contributed by atoms with Gasteiger partial charge in [0.2, 0.25) is 0 Å². The van der Waals surface area contributed by atoms with Crippen molar-refractivity contribution in [3.8, 4) is 6.07 Å². The molecule has 0 saturated carbocycles. The topological polar surface area (TPSA) is 50.1 Å². The van der Waals surface area contributed by atoms with Gasteiger partial charge in [0.15, 0.2) is 0 Å². The lowest BCUT2D eigenvalue weighted by molar-refractivity contribution is -0.149. The highest BCUT2D eigenvalue weighted by molar-refractivity contribution is 5.83. The van der Waals surface area contributed by atoms with Crippen molar-refractivity contribution >= 4 is 5.97 Å². The predicted molar refractivity (Wildman–Crippen MR) is 65.4 cm³/mol. The largest absolute Gasteiger partial charge is 0.465 e. The van der Waals surface area contributed by atoms with Crippen molar-refractivity contribution in [2.24, 2.45) is 0 Å². The molecule has 0 aromatic heterocycles. The van der Waals surface area contributed by atoms with Gasteiger partial charge in [-0.1, -0.05) is 24.3 Å². The van der Waals surface area contributed by atoms with Crippen molar-refractivity contribution in [1.82, 2.24) is 0 Å². The molecule has 3 heteroatoms. The van der Waals surface area contributed by atoms with E-state index in [0.717, 1.165) is 11.1 Å². The van der Waals surface area contributed by atoms with Crippen LogP contribution in [-0.2, 0) is 14.9 Å². The van der Waals surface area contributed by atoms with Crippen LogP contribution >= 0.6 is 0 Å². The second-order valence-electron chi connectivity index (χ2n) is 4.20. The molecule has 1 aromatic carbocycles. The molecule has 0 amide bonds. The van der Waals surface area contributed by atoms with E-state index in [4.69, 9.17) is 10.00 Å². The Bertz CT molecular complexity index is 448. The molecule has 3 nitrogen and oxygen atoms in total. The molecule has 0 radical (unpaired) electrons. The third kappa shape index (κ3) is 2.65. The van der Waals surface area contributed by atoms with E-state index in [9.17, 15) is 4.79 Å². The van der Waals surface area contributed by atoms with Gasteiger partial charge < -0.3 is 4.74 Å². The third-order valence-corrected chi connectivity index (χ3v) is 2.90. The molecule has 1 atom stereocenters. The van der Waals surface area contributed by atoms with Crippen LogP contribution in [0, 0.1) is 18.3 Å². The van der Waals surface area contributed by atoms with Crippen LogP contribution in [0.25, 0.3) is 0 Å². The van der Waals surface area contributed by atoms with Gasteiger partial charge in [0.25, 0.3) is 0 Å². The molecule has 0 aliphatic heterocycles. The van der Waals surface area contributed by atoms with Gasteiger partial charge in [0.05, 0.1) is 19.1 Å². The number of nitriles is 1. The summed E-state index contributed by atoms with van der Waals surface area (Å²) in [7, 11) is 0. The summed E-state index contributed by atoms with van der Waals surface area (Å²) in [6, 6.07) is 9.67. The Morgan fingerprint density at radius 3 is 2.65 bits per heavy atom. The molecular weight excluding hydrogens is 214 g/mol. The van der Waals surface area contributed by atoms with Crippen LogP contribution in [0.4, 0.5) is 0 Å². The normalized spacial score (nSPS) is 13.5. The Kier molecular flexibility index (Phi) is 4.28. The summed E-state index contributed by atoms with van der Waals surface area (Å²) >= 11 is 0. The van der Waals surface area contributed by atoms with Gasteiger partial charge in [-0.05, 0) is 31.9 Å².